The average molecular weight is 365 g/mol. The molecule has 3 rings (SSSR count). The summed E-state index contributed by atoms with van der Waals surface area (Å²) in [5.74, 6) is 0.130. The van der Waals surface area contributed by atoms with Crippen LogP contribution in [0.4, 0.5) is 5.69 Å². The molecule has 1 aromatic rings. The number of methoxy groups -OCH3 is 1. The number of likely N-dealkylation sites (tertiary alicyclic amines) is 1. The van der Waals surface area contributed by atoms with Crippen molar-refractivity contribution < 1.29 is 14.3 Å². The smallest absolute Gasteiger partial charge is 0.228 e. The summed E-state index contributed by atoms with van der Waals surface area (Å²) in [7, 11) is 1.55. The van der Waals surface area contributed by atoms with E-state index in [2.05, 4.69) is 12.2 Å². The molecule has 25 heavy (non-hydrogen) atoms. The lowest BCUT2D eigenvalue weighted by atomic mass is 9.99. The number of benzene rings is 1. The van der Waals surface area contributed by atoms with Gasteiger partial charge in [-0.05, 0) is 50.3 Å². The molecule has 2 fully saturated rings. The first-order valence-electron chi connectivity index (χ1n) is 9.00. The van der Waals surface area contributed by atoms with Gasteiger partial charge in [0.15, 0.2) is 0 Å². The van der Waals surface area contributed by atoms with Gasteiger partial charge in [0.2, 0.25) is 11.8 Å². The molecule has 6 heteroatoms. The first-order chi connectivity index (χ1) is 12.0. The van der Waals surface area contributed by atoms with Crippen LogP contribution < -0.4 is 10.1 Å². The van der Waals surface area contributed by atoms with E-state index in [0.717, 1.165) is 25.8 Å². The van der Waals surface area contributed by atoms with Crippen LogP contribution in [0.1, 0.15) is 39.0 Å². The van der Waals surface area contributed by atoms with Gasteiger partial charge >= 0.3 is 0 Å². The summed E-state index contributed by atoms with van der Waals surface area (Å²) in [5.41, 5.74) is 0.544. The molecule has 1 aliphatic heterocycles. The maximum absolute atomic E-state index is 12.8. The Kier molecular flexibility index (Phi) is 5.52. The number of hydrogen-bond donors (Lipinski definition) is 1. The summed E-state index contributed by atoms with van der Waals surface area (Å²) in [6, 6.07) is 5.42. The average Bonchev–Trinajstić information content (AvgIpc) is 3.42. The van der Waals surface area contributed by atoms with Gasteiger partial charge < -0.3 is 15.0 Å². The molecule has 136 valence electrons. The molecule has 0 aromatic heterocycles. The van der Waals surface area contributed by atoms with Crippen LogP contribution in [0.3, 0.4) is 0 Å². The summed E-state index contributed by atoms with van der Waals surface area (Å²) in [6.07, 6.45) is 4.93. The van der Waals surface area contributed by atoms with Gasteiger partial charge in [-0.1, -0.05) is 18.5 Å². The van der Waals surface area contributed by atoms with Gasteiger partial charge in [0.25, 0.3) is 0 Å². The maximum Gasteiger partial charge on any atom is 0.228 e. The van der Waals surface area contributed by atoms with Crippen molar-refractivity contribution in [1.82, 2.24) is 4.90 Å². The first kappa shape index (κ1) is 18.1. The van der Waals surface area contributed by atoms with E-state index < -0.39 is 0 Å². The number of carbonyl (C=O) groups is 2. The molecule has 0 radical (unpaired) electrons. The zero-order valence-electron chi connectivity index (χ0n) is 14.8. The van der Waals surface area contributed by atoms with Crippen LogP contribution in [-0.2, 0) is 9.59 Å². The van der Waals surface area contributed by atoms with Crippen LogP contribution in [0, 0.1) is 11.8 Å². The summed E-state index contributed by atoms with van der Waals surface area (Å²) < 4.78 is 5.25. The van der Waals surface area contributed by atoms with E-state index in [1.54, 1.807) is 25.3 Å². The Hall–Kier alpha value is -1.75. The SMILES string of the molecule is CCC1CCCCN1C(=O)C1CC1C(=O)Nc1cc(Cl)ccc1OC. The van der Waals surface area contributed by atoms with Gasteiger partial charge in [-0.2, -0.15) is 0 Å². The second-order valence-electron chi connectivity index (χ2n) is 6.87. The number of hydrogen-bond acceptors (Lipinski definition) is 3. The lowest BCUT2D eigenvalue weighted by Crippen LogP contribution is -2.44. The van der Waals surface area contributed by atoms with Gasteiger partial charge in [-0.25, -0.2) is 0 Å². The number of rotatable bonds is 5. The molecule has 1 aliphatic carbocycles. The third-order valence-electron chi connectivity index (χ3n) is 5.25. The van der Waals surface area contributed by atoms with Crippen LogP contribution in [-0.4, -0.2) is 36.4 Å². The highest BCUT2D eigenvalue weighted by molar-refractivity contribution is 6.31. The highest BCUT2D eigenvalue weighted by Crippen LogP contribution is 2.42. The van der Waals surface area contributed by atoms with Gasteiger partial charge in [-0.15, -0.1) is 0 Å². The van der Waals surface area contributed by atoms with Crippen LogP contribution in [0.15, 0.2) is 18.2 Å². The van der Waals surface area contributed by atoms with Crippen molar-refractivity contribution >= 4 is 29.1 Å². The largest absolute Gasteiger partial charge is 0.495 e. The molecule has 1 aromatic carbocycles. The normalized spacial score (nSPS) is 25.4. The van der Waals surface area contributed by atoms with Gasteiger partial charge in [-0.3, -0.25) is 9.59 Å². The second-order valence-corrected chi connectivity index (χ2v) is 7.31. The van der Waals surface area contributed by atoms with E-state index in [9.17, 15) is 9.59 Å². The number of nitrogens with zero attached hydrogens (tertiary/aromatic N) is 1. The molecule has 2 aliphatic rings. The maximum atomic E-state index is 12.8. The lowest BCUT2D eigenvalue weighted by Gasteiger charge is -2.35. The van der Waals surface area contributed by atoms with Gasteiger partial charge in [0.05, 0.1) is 24.6 Å². The van der Waals surface area contributed by atoms with Crippen LogP contribution in [0.5, 0.6) is 5.75 Å². The minimum Gasteiger partial charge on any atom is -0.495 e. The van der Waals surface area contributed by atoms with Crippen LogP contribution in [0.2, 0.25) is 5.02 Å². The van der Waals surface area contributed by atoms with Crippen LogP contribution in [0.25, 0.3) is 0 Å². The van der Waals surface area contributed by atoms with E-state index in [1.165, 1.54) is 6.42 Å². The van der Waals surface area contributed by atoms with Crippen molar-refractivity contribution in [3.05, 3.63) is 23.2 Å². The number of piperidine rings is 1. The van der Waals surface area contributed by atoms with E-state index in [-0.39, 0.29) is 23.7 Å². The highest BCUT2D eigenvalue weighted by Gasteiger charge is 2.50. The zero-order valence-corrected chi connectivity index (χ0v) is 15.5. The van der Waals surface area contributed by atoms with Gasteiger partial charge in [0, 0.05) is 17.6 Å². The third kappa shape index (κ3) is 3.92. The molecule has 0 spiro atoms. The number of ether oxygens (including phenoxy) is 1. The topological polar surface area (TPSA) is 58.6 Å². The molecule has 1 heterocycles. The monoisotopic (exact) mass is 364 g/mol. The Morgan fingerprint density at radius 2 is 2.12 bits per heavy atom. The van der Waals surface area contributed by atoms with Crippen molar-refractivity contribution in [2.24, 2.45) is 11.8 Å². The Bertz CT molecular complexity index is 664. The Morgan fingerprint density at radius 1 is 1.32 bits per heavy atom. The van der Waals surface area contributed by atoms with Crippen molar-refractivity contribution in [2.75, 3.05) is 19.0 Å². The quantitative estimate of drug-likeness (QED) is 0.866. The standard InChI is InChI=1S/C19H25ClN2O3/c1-3-13-6-4-5-9-22(13)19(24)15-11-14(15)18(23)21-16-10-12(20)7-8-17(16)25-2/h7-8,10,13-15H,3-6,9,11H2,1-2H3,(H,21,23). The van der Waals surface area contributed by atoms with E-state index >= 15 is 0 Å². The fraction of sp³-hybridized carbons (Fsp3) is 0.579. The van der Waals surface area contributed by atoms with Crippen molar-refractivity contribution in [1.29, 1.82) is 0 Å². The molecule has 5 nitrogen and oxygen atoms in total. The second kappa shape index (κ2) is 7.65. The summed E-state index contributed by atoms with van der Waals surface area (Å²) in [5, 5.41) is 3.38. The van der Waals surface area contributed by atoms with Gasteiger partial charge in [0.1, 0.15) is 5.75 Å². The predicted octanol–water partition coefficient (Wildman–Crippen LogP) is 3.71. The molecule has 0 bridgehead atoms. The highest BCUT2D eigenvalue weighted by atomic mass is 35.5. The van der Waals surface area contributed by atoms with Crippen molar-refractivity contribution in [2.45, 2.75) is 45.1 Å². The molecule has 3 atom stereocenters. The molecule has 1 saturated heterocycles. The first-order valence-corrected chi connectivity index (χ1v) is 9.37. The molecule has 2 amide bonds. The van der Waals surface area contributed by atoms with E-state index in [0.29, 0.717) is 28.9 Å². The van der Waals surface area contributed by atoms with E-state index in [1.807, 2.05) is 4.90 Å². The lowest BCUT2D eigenvalue weighted by molar-refractivity contribution is -0.137. The number of nitrogens with one attached hydrogen (secondary N) is 1. The van der Waals surface area contributed by atoms with Crippen molar-refractivity contribution in [3.63, 3.8) is 0 Å². The third-order valence-corrected chi connectivity index (χ3v) is 5.48. The van der Waals surface area contributed by atoms with Crippen LogP contribution >= 0.6 is 11.6 Å². The number of amides is 2. The Labute approximate surface area is 153 Å². The summed E-state index contributed by atoms with van der Waals surface area (Å²) in [6.45, 7) is 2.95. The minimum absolute atomic E-state index is 0.135. The fourth-order valence-electron chi connectivity index (χ4n) is 3.69. The van der Waals surface area contributed by atoms with Crippen molar-refractivity contribution in [3.8, 4) is 5.75 Å². The predicted molar refractivity (Wildman–Crippen MR) is 97.9 cm³/mol. The van der Waals surface area contributed by atoms with E-state index in [4.69, 9.17) is 16.3 Å². The fourth-order valence-corrected chi connectivity index (χ4v) is 3.86. The number of anilines is 1. The number of halogens is 1. The molecular formula is C19H25ClN2O3. The zero-order chi connectivity index (χ0) is 18.0. The molecular weight excluding hydrogens is 340 g/mol. The molecule has 3 unspecified atom stereocenters. The summed E-state index contributed by atoms with van der Waals surface area (Å²) >= 11 is 6.00. The summed E-state index contributed by atoms with van der Waals surface area (Å²) in [4.78, 5) is 27.3. The molecule has 1 N–H and O–H groups in total. The number of carbonyl (C=O) groups excluding carboxylic acids is 2. The minimum atomic E-state index is -0.254. The Balaban J connectivity index is 1.62. The molecule has 1 saturated carbocycles. The Morgan fingerprint density at radius 3 is 2.84 bits per heavy atom.